The first-order chi connectivity index (χ1) is 46.8. The average Bonchev–Trinajstić information content (AvgIpc) is 1.55. The van der Waals surface area contributed by atoms with Crippen LogP contribution in [0.15, 0.2) is 149 Å². The quantitative estimate of drug-likeness (QED) is 0.113. The molecule has 33 heteroatoms. The molecule has 0 bridgehead atoms. The van der Waals surface area contributed by atoms with E-state index in [1.807, 2.05) is 60.7 Å². The average molecular weight is 1400 g/mol. The Bertz CT molecular complexity index is 5420. The number of H-pyrrole nitrogens is 2. The van der Waals surface area contributed by atoms with Crippen molar-refractivity contribution >= 4 is 80.1 Å². The molecule has 2 N–H and O–H groups in total. The van der Waals surface area contributed by atoms with Crippen molar-refractivity contribution in [2.45, 2.75) is 123 Å². The lowest BCUT2D eigenvalue weighted by molar-refractivity contribution is -0.157. The number of hydrogen-bond acceptors (Lipinski definition) is 20. The number of aromatic nitrogens is 16. The van der Waals surface area contributed by atoms with Gasteiger partial charge in [-0.2, -0.15) is 0 Å². The molecule has 0 atom stereocenters. The predicted octanol–water partition coefficient (Wildman–Crippen LogP) is 5.03. The smallest absolute Gasteiger partial charge is 0.335 e. The van der Waals surface area contributed by atoms with Crippen molar-refractivity contribution in [3.05, 3.63) is 210 Å². The van der Waals surface area contributed by atoms with Crippen LogP contribution in [0.1, 0.15) is 94.2 Å². The molecule has 528 valence electrons. The minimum Gasteiger partial charge on any atom is -0.443 e. The van der Waals surface area contributed by atoms with Crippen LogP contribution in [0.25, 0.3) is 50.3 Å². The van der Waals surface area contributed by atoms with Crippen LogP contribution in [0, 0.1) is 21.7 Å². The Morgan fingerprint density at radius 2 is 0.790 bits per heavy atom. The number of halogens is 1. The molecule has 8 heterocycles. The van der Waals surface area contributed by atoms with Gasteiger partial charge in [0.2, 0.25) is 0 Å². The first-order valence-corrected chi connectivity index (χ1v) is 31.3. The van der Waals surface area contributed by atoms with Gasteiger partial charge in [-0.3, -0.25) is 61.6 Å². The molecule has 0 unspecified atom stereocenters. The Balaban J connectivity index is 0.000000171. The zero-order valence-electron chi connectivity index (χ0n) is 57.8. The Labute approximate surface area is 572 Å². The van der Waals surface area contributed by atoms with Crippen LogP contribution < -0.4 is 45.0 Å². The molecule has 11 aromatic rings. The van der Waals surface area contributed by atoms with Gasteiger partial charge in [0.1, 0.15) is 11.8 Å². The summed E-state index contributed by atoms with van der Waals surface area (Å²) in [5.41, 5.74) is -3.14. The molecule has 100 heavy (non-hydrogen) atoms. The standard InChI is InChI=1S/C19H22N4O4.C18H19ClN4O4.C18H20N4O4.C12H16N4O4/c1-19(2,3)17(25)27-12-23-15-14(16(24)21(4)18(23)26)22(11-20-15)10-13-8-6-5-7-9-13;1-18(2,3)16(25)27-10-23-14-13(15(24)21(4)17(23)26)22(9-20-14)12-8-6-5-7-11(12)19;1-18(2,3)16(24)26-11-22-14-13(15(23)20-17(22)25)21(10-19-14)9-12-7-5-4-6-8-12;1-12(2,3)10(18)20-6-16-8-7(13-5-14-8)9(17)15(4)11(16)19/h5-9,11H,10,12H2,1-4H3;5-9H,10H2,1-4H3;4-8,10H,9,11H2,1-3H3,(H,20,23,25);5H,6H2,1-4H3,(H,13,14). The summed E-state index contributed by atoms with van der Waals surface area (Å²) in [4.78, 5) is 168. The predicted molar refractivity (Wildman–Crippen MR) is 368 cm³/mol. The van der Waals surface area contributed by atoms with Gasteiger partial charge in [-0.1, -0.05) is 84.4 Å². The van der Waals surface area contributed by atoms with E-state index >= 15 is 0 Å². The Kier molecular flexibility index (Phi) is 22.0. The van der Waals surface area contributed by atoms with E-state index in [1.165, 1.54) is 55.6 Å². The van der Waals surface area contributed by atoms with Crippen molar-refractivity contribution in [3.63, 3.8) is 0 Å². The summed E-state index contributed by atoms with van der Waals surface area (Å²) in [6.45, 7) is 20.2. The van der Waals surface area contributed by atoms with E-state index in [0.29, 0.717) is 23.8 Å². The highest BCUT2D eigenvalue weighted by molar-refractivity contribution is 6.32. The van der Waals surface area contributed by atoms with Crippen molar-refractivity contribution in [2.24, 2.45) is 42.8 Å². The van der Waals surface area contributed by atoms with Gasteiger partial charge >= 0.3 is 46.6 Å². The highest BCUT2D eigenvalue weighted by atomic mass is 35.5. The number of nitrogens with zero attached hydrogens (tertiary/aromatic N) is 14. The molecule has 0 amide bonds. The minimum atomic E-state index is -0.722. The van der Waals surface area contributed by atoms with E-state index in [0.717, 1.165) is 38.5 Å². The Morgan fingerprint density at radius 3 is 1.23 bits per heavy atom. The number of imidazole rings is 4. The summed E-state index contributed by atoms with van der Waals surface area (Å²) in [5, 5.41) is 0.427. The van der Waals surface area contributed by atoms with Crippen LogP contribution in [-0.2, 0) is 99.3 Å². The van der Waals surface area contributed by atoms with Gasteiger partial charge in [-0.15, -0.1) is 0 Å². The summed E-state index contributed by atoms with van der Waals surface area (Å²) in [5.74, 6) is -1.81. The molecule has 0 saturated carbocycles. The number of fused-ring (bicyclic) bond motifs is 4. The number of aromatic amines is 2. The van der Waals surface area contributed by atoms with Crippen LogP contribution in [0.4, 0.5) is 0 Å². The van der Waals surface area contributed by atoms with Crippen molar-refractivity contribution < 1.29 is 38.1 Å². The molecule has 3 aromatic carbocycles. The highest BCUT2D eigenvalue weighted by Crippen LogP contribution is 2.24. The van der Waals surface area contributed by atoms with Crippen molar-refractivity contribution in [1.29, 1.82) is 0 Å². The van der Waals surface area contributed by atoms with Crippen molar-refractivity contribution in [2.75, 3.05) is 0 Å². The molecule has 0 aliphatic heterocycles. The lowest BCUT2D eigenvalue weighted by Crippen LogP contribution is -2.40. The molecular formula is C67H77ClN16O16. The highest BCUT2D eigenvalue weighted by Gasteiger charge is 2.29. The fourth-order valence-corrected chi connectivity index (χ4v) is 9.54. The zero-order chi connectivity index (χ0) is 73.7. The Hall–Kier alpha value is -11.6. The van der Waals surface area contributed by atoms with E-state index in [4.69, 9.17) is 30.5 Å². The third kappa shape index (κ3) is 16.3. The summed E-state index contributed by atoms with van der Waals surface area (Å²) in [6, 6.07) is 26.2. The number of hydrogen-bond donors (Lipinski definition) is 2. The number of nitrogens with one attached hydrogen (secondary N) is 2. The van der Waals surface area contributed by atoms with Gasteiger partial charge in [0, 0.05) is 34.2 Å². The maximum atomic E-state index is 12.7. The number of carbonyl (C=O) groups is 4. The van der Waals surface area contributed by atoms with Gasteiger partial charge in [0.05, 0.1) is 51.4 Å². The van der Waals surface area contributed by atoms with E-state index in [1.54, 1.807) is 116 Å². The maximum absolute atomic E-state index is 12.7. The van der Waals surface area contributed by atoms with Crippen LogP contribution in [0.5, 0.6) is 0 Å². The molecule has 11 rings (SSSR count). The lowest BCUT2D eigenvalue weighted by Gasteiger charge is -2.17. The fourth-order valence-electron chi connectivity index (χ4n) is 9.31. The van der Waals surface area contributed by atoms with Gasteiger partial charge in [0.25, 0.3) is 22.2 Å². The van der Waals surface area contributed by atoms with Gasteiger partial charge in [0.15, 0.2) is 66.1 Å². The third-order valence-corrected chi connectivity index (χ3v) is 15.4. The Morgan fingerprint density at radius 1 is 0.430 bits per heavy atom. The van der Waals surface area contributed by atoms with Crippen LogP contribution in [0.3, 0.4) is 0 Å². The van der Waals surface area contributed by atoms with E-state index < -0.39 is 90.5 Å². The largest absolute Gasteiger partial charge is 0.443 e. The number of esters is 4. The van der Waals surface area contributed by atoms with Gasteiger partial charge in [-0.05, 0) is 106 Å². The van der Waals surface area contributed by atoms with Crippen LogP contribution in [-0.4, -0.2) is 99.5 Å². The number of ether oxygens (including phenoxy) is 4. The van der Waals surface area contributed by atoms with Gasteiger partial charge < -0.3 is 33.1 Å². The number of rotatable bonds is 13. The van der Waals surface area contributed by atoms with Crippen LogP contribution >= 0.6 is 11.6 Å². The molecule has 32 nitrogen and oxygen atoms in total. The molecular weight excluding hydrogens is 1320 g/mol. The molecule has 0 aliphatic carbocycles. The monoisotopic (exact) mass is 1400 g/mol. The maximum Gasteiger partial charge on any atom is 0.335 e. The summed E-state index contributed by atoms with van der Waals surface area (Å²) >= 11 is 6.24. The molecule has 0 spiro atoms. The number of carbonyl (C=O) groups excluding carboxylic acids is 4. The normalized spacial score (nSPS) is 11.7. The van der Waals surface area contributed by atoms with E-state index in [9.17, 15) is 57.5 Å². The first kappa shape index (κ1) is 74.2. The number of benzene rings is 3. The second-order valence-electron chi connectivity index (χ2n) is 27.1. The van der Waals surface area contributed by atoms with Crippen molar-refractivity contribution in [1.82, 2.24) is 75.6 Å². The second kappa shape index (κ2) is 29.6. The first-order valence-electron chi connectivity index (χ1n) is 31.0. The van der Waals surface area contributed by atoms with E-state index in [-0.39, 0.29) is 71.6 Å². The van der Waals surface area contributed by atoms with Gasteiger partial charge in [-0.25, -0.2) is 57.4 Å². The van der Waals surface area contributed by atoms with Crippen LogP contribution in [0.2, 0.25) is 5.02 Å². The zero-order valence-corrected chi connectivity index (χ0v) is 58.6. The molecule has 0 radical (unpaired) electrons. The topological polar surface area (TPSA) is 374 Å². The SMILES string of the molecule is CC(C)(C)C(=O)OCn1c(=O)[nH]c(=O)c2c1ncn2Cc1ccccc1.Cn1c(=O)c2[nH]cnc2n(COC(=O)C(C)(C)C)c1=O.Cn1c(=O)c2c(ncn2-c2ccccc2Cl)n(COC(=O)C(C)(C)C)c1=O.Cn1c(=O)c2c(ncn2Cc2ccccc2)n(COC(=O)C(C)(C)C)c1=O. The summed E-state index contributed by atoms with van der Waals surface area (Å²) in [6.07, 6.45) is 5.73. The summed E-state index contributed by atoms with van der Waals surface area (Å²) in [7, 11) is 4.11. The summed E-state index contributed by atoms with van der Waals surface area (Å²) < 4.78 is 33.2. The third-order valence-electron chi connectivity index (χ3n) is 15.0. The molecule has 0 fully saturated rings. The van der Waals surface area contributed by atoms with E-state index in [2.05, 4.69) is 29.9 Å². The lowest BCUT2D eigenvalue weighted by atomic mass is 9.97. The second-order valence-corrected chi connectivity index (χ2v) is 27.5. The molecule has 0 aliphatic rings. The molecule has 0 saturated heterocycles. The molecule has 8 aromatic heterocycles. The van der Waals surface area contributed by atoms with Crippen molar-refractivity contribution in [3.8, 4) is 5.69 Å². The fraction of sp³-hybridized carbons (Fsp3) is 0.373. The number of para-hydroxylation sites is 1. The minimum absolute atomic E-state index is 0.115.